The SMILES string of the molecule is C1=CCCC(SSc2ccccc2)=C1.CC.CC. The highest BCUT2D eigenvalue weighted by molar-refractivity contribution is 8.78. The molecule has 18 heavy (non-hydrogen) atoms. The first-order valence-electron chi connectivity index (χ1n) is 6.70. The van der Waals surface area contributed by atoms with E-state index in [-0.39, 0.29) is 0 Å². The predicted octanol–water partition coefficient (Wildman–Crippen LogP) is 6.71. The van der Waals surface area contributed by atoms with E-state index in [0.717, 1.165) is 0 Å². The van der Waals surface area contributed by atoms with Crippen molar-refractivity contribution < 1.29 is 0 Å². The van der Waals surface area contributed by atoms with Crippen LogP contribution < -0.4 is 0 Å². The Kier molecular flexibility index (Phi) is 12.4. The lowest BCUT2D eigenvalue weighted by atomic mass is 10.2. The van der Waals surface area contributed by atoms with Crippen LogP contribution in [0.15, 0.2) is 58.4 Å². The van der Waals surface area contributed by atoms with Crippen LogP contribution in [-0.2, 0) is 0 Å². The second-order valence-corrected chi connectivity index (χ2v) is 5.41. The third kappa shape index (κ3) is 7.67. The molecule has 0 saturated carbocycles. The minimum Gasteiger partial charge on any atom is -0.0842 e. The maximum Gasteiger partial charge on any atom is 0.0186 e. The van der Waals surface area contributed by atoms with Gasteiger partial charge < -0.3 is 0 Å². The quantitative estimate of drug-likeness (QED) is 0.564. The van der Waals surface area contributed by atoms with Gasteiger partial charge in [-0.1, -0.05) is 85.7 Å². The first kappa shape index (κ1) is 17.4. The van der Waals surface area contributed by atoms with Crippen molar-refractivity contribution in [3.8, 4) is 0 Å². The summed E-state index contributed by atoms with van der Waals surface area (Å²) in [6.45, 7) is 8.00. The molecular weight excluding hydrogens is 256 g/mol. The van der Waals surface area contributed by atoms with Gasteiger partial charge in [-0.05, 0) is 29.9 Å². The van der Waals surface area contributed by atoms with Gasteiger partial charge in [-0.3, -0.25) is 0 Å². The lowest BCUT2D eigenvalue weighted by molar-refractivity contribution is 1.02. The summed E-state index contributed by atoms with van der Waals surface area (Å²) in [6.07, 6.45) is 8.97. The lowest BCUT2D eigenvalue weighted by Crippen LogP contribution is -1.79. The smallest absolute Gasteiger partial charge is 0.0186 e. The minimum atomic E-state index is 1.19. The second kappa shape index (κ2) is 12.8. The van der Waals surface area contributed by atoms with Crippen LogP contribution in [0.4, 0.5) is 0 Å². The van der Waals surface area contributed by atoms with Gasteiger partial charge in [0.05, 0.1) is 0 Å². The zero-order valence-corrected chi connectivity index (χ0v) is 13.5. The van der Waals surface area contributed by atoms with Crippen molar-refractivity contribution in [2.24, 2.45) is 0 Å². The highest BCUT2D eigenvalue weighted by atomic mass is 33.1. The van der Waals surface area contributed by atoms with E-state index in [4.69, 9.17) is 0 Å². The molecule has 1 aliphatic carbocycles. The molecule has 0 amide bonds. The summed E-state index contributed by atoms with van der Waals surface area (Å²) in [5, 5.41) is 0. The normalized spacial score (nSPS) is 12.6. The summed E-state index contributed by atoms with van der Waals surface area (Å²) in [5.74, 6) is 0. The van der Waals surface area contributed by atoms with Crippen LogP contribution in [-0.4, -0.2) is 0 Å². The molecule has 0 N–H and O–H groups in total. The number of rotatable bonds is 3. The average Bonchev–Trinajstić information content (AvgIpc) is 2.51. The highest BCUT2D eigenvalue weighted by Gasteiger charge is 2.01. The van der Waals surface area contributed by atoms with Crippen LogP contribution in [0.1, 0.15) is 40.5 Å². The van der Waals surface area contributed by atoms with E-state index in [2.05, 4.69) is 48.6 Å². The molecule has 100 valence electrons. The van der Waals surface area contributed by atoms with Gasteiger partial charge >= 0.3 is 0 Å². The van der Waals surface area contributed by atoms with Crippen molar-refractivity contribution in [1.29, 1.82) is 0 Å². The second-order valence-electron chi connectivity index (χ2n) is 3.08. The van der Waals surface area contributed by atoms with E-state index in [1.54, 1.807) is 0 Å². The molecule has 1 aromatic carbocycles. The average molecular weight is 281 g/mol. The monoisotopic (exact) mass is 280 g/mol. The van der Waals surface area contributed by atoms with Crippen molar-refractivity contribution >= 4 is 21.6 Å². The van der Waals surface area contributed by atoms with E-state index in [1.807, 2.05) is 49.3 Å². The van der Waals surface area contributed by atoms with Crippen LogP contribution in [0.2, 0.25) is 0 Å². The Bertz CT molecular complexity index is 339. The number of hydrogen-bond donors (Lipinski definition) is 0. The molecule has 0 fully saturated rings. The van der Waals surface area contributed by atoms with Gasteiger partial charge in [-0.25, -0.2) is 0 Å². The Morgan fingerprint density at radius 3 is 2.11 bits per heavy atom. The van der Waals surface area contributed by atoms with Crippen LogP contribution >= 0.6 is 21.6 Å². The van der Waals surface area contributed by atoms with Crippen LogP contribution in [0.3, 0.4) is 0 Å². The first-order chi connectivity index (χ1) is 8.95. The van der Waals surface area contributed by atoms with Gasteiger partial charge in [-0.2, -0.15) is 0 Å². The molecule has 0 spiro atoms. The van der Waals surface area contributed by atoms with E-state index < -0.39 is 0 Å². The molecular formula is C16H24S2. The highest BCUT2D eigenvalue weighted by Crippen LogP contribution is 2.39. The van der Waals surface area contributed by atoms with Gasteiger partial charge in [0.1, 0.15) is 0 Å². The third-order valence-corrected chi connectivity index (χ3v) is 4.54. The van der Waals surface area contributed by atoms with Gasteiger partial charge in [0.25, 0.3) is 0 Å². The molecule has 0 aliphatic heterocycles. The molecule has 0 atom stereocenters. The van der Waals surface area contributed by atoms with E-state index in [0.29, 0.717) is 0 Å². The molecule has 1 aliphatic rings. The fourth-order valence-corrected chi connectivity index (χ4v) is 3.39. The van der Waals surface area contributed by atoms with Gasteiger partial charge in [0.15, 0.2) is 0 Å². The van der Waals surface area contributed by atoms with E-state index >= 15 is 0 Å². The van der Waals surface area contributed by atoms with E-state index in [1.165, 1.54) is 22.6 Å². The number of benzene rings is 1. The summed E-state index contributed by atoms with van der Waals surface area (Å²) < 4.78 is 0. The molecule has 0 saturated heterocycles. The van der Waals surface area contributed by atoms with Crippen molar-refractivity contribution in [2.45, 2.75) is 45.4 Å². The summed E-state index contributed by atoms with van der Waals surface area (Å²) in [4.78, 5) is 2.80. The Morgan fingerprint density at radius 1 is 0.889 bits per heavy atom. The van der Waals surface area contributed by atoms with E-state index in [9.17, 15) is 0 Å². The largest absolute Gasteiger partial charge is 0.0842 e. The Labute approximate surface area is 120 Å². The fraction of sp³-hybridized carbons (Fsp3) is 0.375. The summed E-state index contributed by atoms with van der Waals surface area (Å²) in [6, 6.07) is 10.5. The zero-order valence-electron chi connectivity index (χ0n) is 11.8. The minimum absolute atomic E-state index is 1.19. The fourth-order valence-electron chi connectivity index (χ4n) is 1.23. The van der Waals surface area contributed by atoms with Crippen molar-refractivity contribution in [3.05, 3.63) is 53.5 Å². The first-order valence-corrected chi connectivity index (χ1v) is 8.85. The molecule has 0 radical (unpaired) electrons. The topological polar surface area (TPSA) is 0 Å². The van der Waals surface area contributed by atoms with Crippen molar-refractivity contribution in [1.82, 2.24) is 0 Å². The number of allylic oxidation sites excluding steroid dienone is 4. The standard InChI is InChI=1S/C12H12S2.2C2H6/c1-3-7-11(8-4-1)13-14-12-9-5-2-6-10-12;2*1-2/h1-5,7-9H,6,10H2;2*1-2H3. The van der Waals surface area contributed by atoms with Crippen LogP contribution in [0.5, 0.6) is 0 Å². The Hall–Kier alpha value is -0.600. The van der Waals surface area contributed by atoms with Gasteiger partial charge in [0, 0.05) is 4.90 Å². The molecule has 0 heterocycles. The van der Waals surface area contributed by atoms with Crippen molar-refractivity contribution in [2.75, 3.05) is 0 Å². The summed E-state index contributed by atoms with van der Waals surface area (Å²) in [7, 11) is 3.72. The molecule has 0 unspecified atom stereocenters. The van der Waals surface area contributed by atoms with Crippen LogP contribution in [0, 0.1) is 0 Å². The van der Waals surface area contributed by atoms with Gasteiger partial charge in [-0.15, -0.1) is 0 Å². The van der Waals surface area contributed by atoms with Crippen molar-refractivity contribution in [3.63, 3.8) is 0 Å². The maximum atomic E-state index is 2.22. The molecule has 0 aromatic heterocycles. The number of hydrogen-bond acceptors (Lipinski definition) is 2. The summed E-state index contributed by atoms with van der Waals surface area (Å²) >= 11 is 0. The summed E-state index contributed by atoms with van der Waals surface area (Å²) in [5.41, 5.74) is 0. The predicted molar refractivity (Wildman–Crippen MR) is 89.0 cm³/mol. The zero-order chi connectivity index (χ0) is 13.6. The Balaban J connectivity index is 0.000000659. The molecule has 0 bridgehead atoms. The molecule has 2 rings (SSSR count). The van der Waals surface area contributed by atoms with Crippen LogP contribution in [0.25, 0.3) is 0 Å². The maximum absolute atomic E-state index is 2.22. The van der Waals surface area contributed by atoms with Gasteiger partial charge in [0.2, 0.25) is 0 Å². The third-order valence-electron chi connectivity index (χ3n) is 1.96. The molecule has 2 heteroatoms. The lowest BCUT2D eigenvalue weighted by Gasteiger charge is -2.06. The molecule has 0 nitrogen and oxygen atoms in total. The Morgan fingerprint density at radius 2 is 1.56 bits per heavy atom. The molecule has 1 aromatic rings.